The van der Waals surface area contributed by atoms with E-state index in [1.807, 2.05) is 0 Å². The van der Waals surface area contributed by atoms with E-state index in [2.05, 4.69) is 53.7 Å². The monoisotopic (exact) mass is 649 g/mol. The first-order chi connectivity index (χ1) is 19.1. The summed E-state index contributed by atoms with van der Waals surface area (Å²) in [6.07, 6.45) is 0. The molecule has 1 heterocycles. The minimum atomic E-state index is -5.24. The molecule has 0 aromatic rings. The van der Waals surface area contributed by atoms with Crippen LogP contribution in [0.15, 0.2) is 77.4 Å². The summed E-state index contributed by atoms with van der Waals surface area (Å²) in [6.45, 7) is 28.2. The van der Waals surface area contributed by atoms with Gasteiger partial charge in [-0.15, -0.1) is 0 Å². The van der Waals surface area contributed by atoms with Gasteiger partial charge in [-0.25, -0.2) is 0 Å². The maximum atomic E-state index is 12.8. The summed E-state index contributed by atoms with van der Waals surface area (Å²) < 4.78 is 36.8. The Morgan fingerprint density at radius 1 is 0.524 bits per heavy atom. The average molecular weight is 649 g/mol. The van der Waals surface area contributed by atoms with Crippen molar-refractivity contribution in [3.63, 3.8) is 0 Å². The number of carbonyl (C=O) groups excluding carboxylic acids is 6. The van der Waals surface area contributed by atoms with Crippen LogP contribution in [-0.4, -0.2) is 35.8 Å². The Morgan fingerprint density at radius 2 is 0.810 bits per heavy atom. The Labute approximate surface area is 244 Å². The number of nitrogens with one attached hydrogen (secondary N) is 2. The van der Waals surface area contributed by atoms with Crippen LogP contribution in [0.25, 0.3) is 0 Å². The minimum absolute atomic E-state index is 0.216. The normalized spacial score (nSPS) is 17.2. The Morgan fingerprint density at radius 3 is 1.10 bits per heavy atom. The van der Waals surface area contributed by atoms with Crippen molar-refractivity contribution in [3.05, 3.63) is 72.9 Å². The van der Waals surface area contributed by atoms with Crippen molar-refractivity contribution >= 4 is 59.5 Å². The van der Waals surface area contributed by atoms with Crippen molar-refractivity contribution < 1.29 is 55.9 Å². The third kappa shape index (κ3) is 9.68. The fourth-order valence-corrected chi connectivity index (χ4v) is 13.6. The first kappa shape index (κ1) is 36.3. The molecule has 0 amide bonds. The van der Waals surface area contributed by atoms with Crippen molar-refractivity contribution in [1.82, 2.24) is 9.72 Å². The molecule has 18 heteroatoms. The average Bonchev–Trinajstić information content (AvgIpc) is 2.82. The summed E-state index contributed by atoms with van der Waals surface area (Å²) in [5.41, 5.74) is -1.35. The van der Waals surface area contributed by atoms with Crippen LogP contribution in [0.1, 0.15) is 41.5 Å². The predicted molar refractivity (Wildman–Crippen MR) is 158 cm³/mol. The molecule has 1 aliphatic rings. The van der Waals surface area contributed by atoms with E-state index in [-0.39, 0.29) is 33.4 Å². The molecule has 232 valence electrons. The molecule has 1 aliphatic heterocycles. The second-order valence-corrected chi connectivity index (χ2v) is 16.4. The number of nitrogens with zero attached hydrogens (tertiary/aromatic N) is 1. The molecule has 42 heavy (non-hydrogen) atoms. The van der Waals surface area contributed by atoms with Crippen molar-refractivity contribution in [2.75, 3.05) is 0 Å². The molecule has 0 atom stereocenters. The third-order valence-corrected chi connectivity index (χ3v) is 14.0. The Balaban J connectivity index is 4.35. The summed E-state index contributed by atoms with van der Waals surface area (Å²) >= 11 is 0. The summed E-state index contributed by atoms with van der Waals surface area (Å²) in [5, 5.41) is 0. The Hall–Kier alpha value is -3.73. The van der Waals surface area contributed by atoms with E-state index in [4.69, 9.17) is 27.1 Å². The molecule has 0 unspecified atom stereocenters. The molecular formula is C24H34N3O12P3. The van der Waals surface area contributed by atoms with Gasteiger partial charge in [-0.1, -0.05) is 0 Å². The molecule has 0 aromatic heterocycles. The summed E-state index contributed by atoms with van der Waals surface area (Å²) in [4.78, 5) is 81.9. The van der Waals surface area contributed by atoms with Gasteiger partial charge < -0.3 is 0 Å². The van der Waals surface area contributed by atoms with E-state index in [0.29, 0.717) is 0 Å². The molecular weight excluding hydrogens is 615 g/mol. The Bertz CT molecular complexity index is 1310. The molecule has 1 rings (SSSR count). The van der Waals surface area contributed by atoms with E-state index in [9.17, 15) is 28.8 Å². The first-order valence-corrected chi connectivity index (χ1v) is 16.8. The molecule has 0 bridgehead atoms. The molecule has 0 saturated carbocycles. The summed E-state index contributed by atoms with van der Waals surface area (Å²) in [5.74, 6) is -7.20. The van der Waals surface area contributed by atoms with Gasteiger partial charge in [0.25, 0.3) is 0 Å². The number of hydrogen-bond donors (Lipinski definition) is 2. The van der Waals surface area contributed by atoms with Gasteiger partial charge in [-0.05, 0) is 0 Å². The standard InChI is InChI=1S/C24H34N3O12P3/c1-13(2)19(28)34-40(35-20(29)14(3)4)25-41(36-21(30)15(5)6,37-22(31)16(7)8)27-42(26-40,38-23(32)17(9)10)39-24(33)18(11)12/h25-26,40-41H,1,3,5,7,9,11H2,2,4,6,8,10,12H3. The van der Waals surface area contributed by atoms with Gasteiger partial charge in [-0.2, -0.15) is 0 Å². The predicted octanol–water partition coefficient (Wildman–Crippen LogP) is 4.66. The zero-order valence-corrected chi connectivity index (χ0v) is 26.9. The van der Waals surface area contributed by atoms with Crippen molar-refractivity contribution in [3.8, 4) is 0 Å². The quantitative estimate of drug-likeness (QED) is 0.219. The van der Waals surface area contributed by atoms with Crippen LogP contribution in [-0.2, 0) is 55.9 Å². The van der Waals surface area contributed by atoms with Crippen molar-refractivity contribution in [2.45, 2.75) is 41.5 Å². The molecule has 2 N–H and O–H groups in total. The van der Waals surface area contributed by atoms with Crippen LogP contribution in [0.3, 0.4) is 0 Å². The van der Waals surface area contributed by atoms with E-state index in [0.717, 1.165) is 0 Å². The van der Waals surface area contributed by atoms with Crippen LogP contribution in [0.2, 0.25) is 0 Å². The van der Waals surface area contributed by atoms with Crippen LogP contribution < -0.4 is 9.72 Å². The second kappa shape index (κ2) is 14.0. The first-order valence-electron chi connectivity index (χ1n) is 11.6. The zero-order valence-electron chi connectivity index (χ0n) is 24.0. The number of hydrogen-bond acceptors (Lipinski definition) is 15. The van der Waals surface area contributed by atoms with Gasteiger partial charge in [0.05, 0.1) is 0 Å². The fourth-order valence-electron chi connectivity index (χ4n) is 2.22. The van der Waals surface area contributed by atoms with Crippen LogP contribution in [0, 0.1) is 0 Å². The number of rotatable bonds is 12. The van der Waals surface area contributed by atoms with Gasteiger partial charge in [-0.3, -0.25) is 0 Å². The van der Waals surface area contributed by atoms with Crippen LogP contribution in [0.5, 0.6) is 0 Å². The second-order valence-electron chi connectivity index (χ2n) is 9.05. The van der Waals surface area contributed by atoms with E-state index in [1.54, 1.807) is 0 Å². The third-order valence-electron chi connectivity index (χ3n) is 4.31. The molecule has 0 saturated heterocycles. The van der Waals surface area contributed by atoms with Gasteiger partial charge in [0.15, 0.2) is 0 Å². The van der Waals surface area contributed by atoms with Gasteiger partial charge in [0.1, 0.15) is 0 Å². The summed E-state index contributed by atoms with van der Waals surface area (Å²) in [6, 6.07) is 0. The maximum absolute atomic E-state index is 12.8. The summed E-state index contributed by atoms with van der Waals surface area (Å²) in [7, 11) is -15.2. The SMILES string of the molecule is C=C(C)C(=O)OP1(OC(=O)C(=C)C)=N[PH](OC(=O)C(=C)C)(OC(=O)C(=C)C)N[PH](OC(=O)C(=C)C)(OC(=O)C(=C)C)N1. The fraction of sp³-hybridized carbons (Fsp3) is 0.250. The number of carbonyl (C=O) groups is 6. The molecule has 0 spiro atoms. The van der Waals surface area contributed by atoms with E-state index >= 15 is 0 Å². The topological polar surface area (TPSA) is 194 Å². The molecule has 0 aromatic carbocycles. The Kier molecular flexibility index (Phi) is 12.1. The van der Waals surface area contributed by atoms with Gasteiger partial charge >= 0.3 is 244 Å². The molecule has 0 fully saturated rings. The van der Waals surface area contributed by atoms with E-state index in [1.165, 1.54) is 41.5 Å². The van der Waals surface area contributed by atoms with Crippen molar-refractivity contribution in [1.29, 1.82) is 0 Å². The van der Waals surface area contributed by atoms with Gasteiger partial charge in [0.2, 0.25) is 0 Å². The van der Waals surface area contributed by atoms with Crippen molar-refractivity contribution in [2.24, 2.45) is 4.52 Å². The van der Waals surface area contributed by atoms with Gasteiger partial charge in [0, 0.05) is 0 Å². The zero-order chi connectivity index (χ0) is 32.8. The van der Waals surface area contributed by atoms with Crippen LogP contribution >= 0.6 is 23.7 Å². The van der Waals surface area contributed by atoms with E-state index < -0.39 is 59.5 Å². The molecule has 15 nitrogen and oxygen atoms in total. The molecule has 0 radical (unpaired) electrons. The van der Waals surface area contributed by atoms with Crippen LogP contribution in [0.4, 0.5) is 0 Å². The molecule has 0 aliphatic carbocycles.